The minimum Gasteiger partial charge on any atom is -0.493 e. The van der Waals surface area contributed by atoms with E-state index in [1.165, 1.54) is 4.88 Å². The van der Waals surface area contributed by atoms with E-state index < -0.39 is 0 Å². The highest BCUT2D eigenvalue weighted by Crippen LogP contribution is 2.47. The minimum absolute atomic E-state index is 0.140. The van der Waals surface area contributed by atoms with Crippen molar-refractivity contribution < 1.29 is 19.0 Å². The maximum Gasteiger partial charge on any atom is 0.203 e. The van der Waals surface area contributed by atoms with Crippen LogP contribution in [0.25, 0.3) is 0 Å². The molecule has 2 N–H and O–H groups in total. The molecule has 0 unspecified atom stereocenters. The molecule has 1 aromatic heterocycles. The van der Waals surface area contributed by atoms with E-state index in [0.717, 1.165) is 34.6 Å². The van der Waals surface area contributed by atoms with Gasteiger partial charge in [-0.2, -0.15) is 0 Å². The summed E-state index contributed by atoms with van der Waals surface area (Å²) in [6.07, 6.45) is 1.26. The third-order valence-electron chi connectivity index (χ3n) is 6.27. The molecular weight excluding hydrogens is 436 g/mol. The SMILES string of the molecule is COc1cc([C@H]2Nc3ccccc3NC3=C2C(=O)C[C@H](c2cccs2)C3)cc(OC)c1OC. The van der Waals surface area contributed by atoms with Gasteiger partial charge in [0.1, 0.15) is 0 Å². The zero-order valence-corrected chi connectivity index (χ0v) is 19.6. The fourth-order valence-electron chi connectivity index (χ4n) is 4.74. The number of thiophene rings is 1. The molecule has 0 saturated heterocycles. The number of rotatable bonds is 5. The van der Waals surface area contributed by atoms with Crippen LogP contribution in [0.5, 0.6) is 17.2 Å². The van der Waals surface area contributed by atoms with Crippen LogP contribution >= 0.6 is 11.3 Å². The number of para-hydroxylation sites is 2. The lowest BCUT2D eigenvalue weighted by Crippen LogP contribution is -2.26. The number of hydrogen-bond acceptors (Lipinski definition) is 7. The van der Waals surface area contributed by atoms with Crippen molar-refractivity contribution in [3.63, 3.8) is 0 Å². The Bertz CT molecular complexity index is 1190. The Kier molecular flexibility index (Phi) is 5.72. The summed E-state index contributed by atoms with van der Waals surface area (Å²) in [7, 11) is 4.78. The molecule has 0 spiro atoms. The fourth-order valence-corrected chi connectivity index (χ4v) is 5.57. The molecule has 3 aromatic rings. The lowest BCUT2D eigenvalue weighted by molar-refractivity contribution is -0.116. The van der Waals surface area contributed by atoms with Gasteiger partial charge < -0.3 is 24.8 Å². The topological polar surface area (TPSA) is 68.8 Å². The second-order valence-corrected chi connectivity index (χ2v) is 9.12. The average molecular weight is 463 g/mol. The molecule has 5 rings (SSSR count). The van der Waals surface area contributed by atoms with E-state index in [1.807, 2.05) is 42.5 Å². The molecule has 0 saturated carbocycles. The summed E-state index contributed by atoms with van der Waals surface area (Å²) in [6.45, 7) is 0. The largest absolute Gasteiger partial charge is 0.493 e. The predicted molar refractivity (Wildman–Crippen MR) is 131 cm³/mol. The van der Waals surface area contributed by atoms with Gasteiger partial charge in [-0.25, -0.2) is 0 Å². The van der Waals surface area contributed by atoms with Crippen LogP contribution in [0.2, 0.25) is 0 Å². The Balaban J connectivity index is 1.66. The number of carbonyl (C=O) groups excluding carboxylic acids is 1. The van der Waals surface area contributed by atoms with Crippen molar-refractivity contribution in [2.75, 3.05) is 32.0 Å². The third-order valence-corrected chi connectivity index (χ3v) is 7.31. The fraction of sp³-hybridized carbons (Fsp3) is 0.269. The number of ketones is 1. The highest BCUT2D eigenvalue weighted by molar-refractivity contribution is 7.10. The smallest absolute Gasteiger partial charge is 0.203 e. The summed E-state index contributed by atoms with van der Waals surface area (Å²) in [4.78, 5) is 14.9. The zero-order valence-electron chi connectivity index (χ0n) is 18.8. The summed E-state index contributed by atoms with van der Waals surface area (Å²) in [5.74, 6) is 1.95. The van der Waals surface area contributed by atoms with Crippen LogP contribution in [0.3, 0.4) is 0 Å². The molecule has 2 aromatic carbocycles. The molecule has 7 heteroatoms. The van der Waals surface area contributed by atoms with Gasteiger partial charge in [-0.15, -0.1) is 11.3 Å². The third kappa shape index (κ3) is 3.82. The molecule has 170 valence electrons. The van der Waals surface area contributed by atoms with Crippen molar-refractivity contribution >= 4 is 28.5 Å². The molecule has 1 aliphatic heterocycles. The number of nitrogens with one attached hydrogen (secondary N) is 2. The quantitative estimate of drug-likeness (QED) is 0.503. The Morgan fingerprint density at radius 1 is 0.909 bits per heavy atom. The van der Waals surface area contributed by atoms with Gasteiger partial charge in [0.05, 0.1) is 38.7 Å². The standard InChI is InChI=1S/C26H26N2O4S/c1-30-21-13-16(14-22(31-2)26(21)32-3)25-24-19(27-17-7-4-5-8-18(17)28-25)11-15(12-20(24)29)23-9-6-10-33-23/h4-10,13-15,25,27-28H,11-12H2,1-3H3/t15-,25-/m1/s1. The van der Waals surface area contributed by atoms with E-state index in [0.29, 0.717) is 23.7 Å². The lowest BCUT2D eigenvalue weighted by atomic mass is 9.80. The van der Waals surface area contributed by atoms with Gasteiger partial charge >= 0.3 is 0 Å². The van der Waals surface area contributed by atoms with E-state index in [4.69, 9.17) is 14.2 Å². The Hall–Kier alpha value is -3.45. The van der Waals surface area contributed by atoms with E-state index in [9.17, 15) is 4.79 Å². The van der Waals surface area contributed by atoms with Crippen molar-refractivity contribution in [2.24, 2.45) is 0 Å². The van der Waals surface area contributed by atoms with E-state index in [1.54, 1.807) is 32.7 Å². The molecule has 2 aliphatic rings. The normalized spacial score (nSPS) is 19.5. The average Bonchev–Trinajstić information content (AvgIpc) is 3.32. The van der Waals surface area contributed by atoms with Crippen LogP contribution < -0.4 is 24.8 Å². The van der Waals surface area contributed by atoms with E-state index in [-0.39, 0.29) is 17.7 Å². The first-order chi connectivity index (χ1) is 16.1. The second kappa shape index (κ2) is 8.83. The molecule has 0 radical (unpaired) electrons. The minimum atomic E-state index is -0.360. The summed E-state index contributed by atoms with van der Waals surface area (Å²) in [5.41, 5.74) is 4.48. The molecule has 2 heterocycles. The maximum absolute atomic E-state index is 13.6. The van der Waals surface area contributed by atoms with Crippen LogP contribution in [0.15, 0.2) is 65.2 Å². The first kappa shape index (κ1) is 21.4. The van der Waals surface area contributed by atoms with Crippen LogP contribution in [-0.2, 0) is 4.79 Å². The van der Waals surface area contributed by atoms with Gasteiger partial charge in [0.25, 0.3) is 0 Å². The van der Waals surface area contributed by atoms with Crippen molar-refractivity contribution in [1.82, 2.24) is 0 Å². The molecule has 0 fully saturated rings. The van der Waals surface area contributed by atoms with E-state index in [2.05, 4.69) is 22.1 Å². The van der Waals surface area contributed by atoms with Crippen LogP contribution in [0.4, 0.5) is 11.4 Å². The molecule has 1 aliphatic carbocycles. The van der Waals surface area contributed by atoms with Crippen LogP contribution in [0.1, 0.15) is 35.2 Å². The molecule has 0 bridgehead atoms. The lowest BCUT2D eigenvalue weighted by Gasteiger charge is -2.29. The number of ether oxygens (including phenoxy) is 3. The Labute approximate surface area is 197 Å². The highest BCUT2D eigenvalue weighted by Gasteiger charge is 2.37. The summed E-state index contributed by atoms with van der Waals surface area (Å²) in [6, 6.07) is 15.7. The van der Waals surface area contributed by atoms with Gasteiger partial charge in [-0.05, 0) is 47.7 Å². The van der Waals surface area contributed by atoms with Crippen molar-refractivity contribution in [1.29, 1.82) is 0 Å². The van der Waals surface area contributed by atoms with Crippen LogP contribution in [0, 0.1) is 0 Å². The second-order valence-electron chi connectivity index (χ2n) is 8.14. The maximum atomic E-state index is 13.6. The number of fused-ring (bicyclic) bond motifs is 1. The first-order valence-electron chi connectivity index (χ1n) is 10.8. The zero-order chi connectivity index (χ0) is 22.9. The number of Topliss-reactive ketones (excluding diaryl/α,β-unsaturated/α-hetero) is 1. The number of benzene rings is 2. The number of carbonyl (C=O) groups is 1. The highest BCUT2D eigenvalue weighted by atomic mass is 32.1. The van der Waals surface area contributed by atoms with E-state index >= 15 is 0 Å². The van der Waals surface area contributed by atoms with Gasteiger partial charge in [0.15, 0.2) is 17.3 Å². The molecule has 6 nitrogen and oxygen atoms in total. The van der Waals surface area contributed by atoms with Crippen molar-refractivity contribution in [3.05, 3.63) is 75.6 Å². The van der Waals surface area contributed by atoms with Crippen LogP contribution in [-0.4, -0.2) is 27.1 Å². The summed E-state index contributed by atoms with van der Waals surface area (Å²) in [5, 5.41) is 9.25. The molecule has 33 heavy (non-hydrogen) atoms. The predicted octanol–water partition coefficient (Wildman–Crippen LogP) is 5.75. The van der Waals surface area contributed by atoms with Gasteiger partial charge in [-0.1, -0.05) is 18.2 Å². The Morgan fingerprint density at radius 2 is 1.64 bits per heavy atom. The first-order valence-corrected chi connectivity index (χ1v) is 11.7. The number of allylic oxidation sites excluding steroid dienone is 1. The monoisotopic (exact) mass is 462 g/mol. The molecule has 2 atom stereocenters. The summed E-state index contributed by atoms with van der Waals surface area (Å²) < 4.78 is 16.7. The Morgan fingerprint density at radius 3 is 2.27 bits per heavy atom. The number of anilines is 2. The van der Waals surface area contributed by atoms with Crippen molar-refractivity contribution in [3.8, 4) is 17.2 Å². The molecule has 0 amide bonds. The number of methoxy groups -OCH3 is 3. The molecular formula is C26H26N2O4S. The van der Waals surface area contributed by atoms with Crippen molar-refractivity contribution in [2.45, 2.75) is 24.8 Å². The van der Waals surface area contributed by atoms with Gasteiger partial charge in [0, 0.05) is 28.5 Å². The van der Waals surface area contributed by atoms with Gasteiger partial charge in [-0.3, -0.25) is 4.79 Å². The van der Waals surface area contributed by atoms with Gasteiger partial charge in [0.2, 0.25) is 5.75 Å². The number of hydrogen-bond donors (Lipinski definition) is 2. The summed E-state index contributed by atoms with van der Waals surface area (Å²) >= 11 is 1.71.